The van der Waals surface area contributed by atoms with E-state index in [0.717, 1.165) is 33.7 Å². The second kappa shape index (κ2) is 9.96. The molecule has 5 nitrogen and oxygen atoms in total. The molecule has 7 heteroatoms. The van der Waals surface area contributed by atoms with Crippen LogP contribution < -0.4 is 5.32 Å². The Labute approximate surface area is 191 Å². The number of aromatic nitrogens is 3. The summed E-state index contributed by atoms with van der Waals surface area (Å²) in [5.41, 5.74) is 4.39. The van der Waals surface area contributed by atoms with E-state index in [-0.39, 0.29) is 17.8 Å². The SMILES string of the molecule is CC[C@@H](C)NC(=O)c1ccc(CSc2nc3ccncc3n2Cc2cccc(F)c2)cc1. The molecule has 0 bridgehead atoms. The molecule has 0 saturated carbocycles. The van der Waals surface area contributed by atoms with Crippen molar-refractivity contribution in [3.05, 3.63) is 89.5 Å². The van der Waals surface area contributed by atoms with E-state index in [2.05, 4.69) is 14.9 Å². The maximum Gasteiger partial charge on any atom is 0.251 e. The van der Waals surface area contributed by atoms with Gasteiger partial charge in [-0.05, 0) is 54.8 Å². The average Bonchev–Trinajstić information content (AvgIpc) is 3.15. The van der Waals surface area contributed by atoms with Gasteiger partial charge in [0.25, 0.3) is 5.91 Å². The van der Waals surface area contributed by atoms with Crippen LogP contribution in [0, 0.1) is 5.82 Å². The van der Waals surface area contributed by atoms with E-state index in [1.54, 1.807) is 36.3 Å². The van der Waals surface area contributed by atoms with Gasteiger partial charge in [-0.15, -0.1) is 0 Å². The average molecular weight is 449 g/mol. The summed E-state index contributed by atoms with van der Waals surface area (Å²) < 4.78 is 15.8. The molecule has 32 heavy (non-hydrogen) atoms. The highest BCUT2D eigenvalue weighted by molar-refractivity contribution is 7.98. The van der Waals surface area contributed by atoms with Gasteiger partial charge in [-0.25, -0.2) is 9.37 Å². The molecule has 2 aromatic heterocycles. The van der Waals surface area contributed by atoms with E-state index >= 15 is 0 Å². The summed E-state index contributed by atoms with van der Waals surface area (Å²) in [7, 11) is 0. The van der Waals surface area contributed by atoms with Gasteiger partial charge in [0.05, 0.1) is 23.8 Å². The Kier molecular flexibility index (Phi) is 6.85. The summed E-state index contributed by atoms with van der Waals surface area (Å²) in [5.74, 6) is 0.396. The molecule has 4 rings (SSSR count). The molecule has 164 valence electrons. The molecule has 1 N–H and O–H groups in total. The lowest BCUT2D eigenvalue weighted by Gasteiger charge is -2.12. The monoisotopic (exact) mass is 448 g/mol. The first-order chi connectivity index (χ1) is 15.5. The molecule has 0 saturated heterocycles. The molecule has 1 amide bonds. The normalized spacial score (nSPS) is 12.1. The van der Waals surface area contributed by atoms with Crippen LogP contribution in [0.5, 0.6) is 0 Å². The highest BCUT2D eigenvalue weighted by Crippen LogP contribution is 2.27. The minimum atomic E-state index is -0.253. The van der Waals surface area contributed by atoms with E-state index in [4.69, 9.17) is 4.98 Å². The summed E-state index contributed by atoms with van der Waals surface area (Å²) in [5, 5.41) is 3.83. The van der Waals surface area contributed by atoms with Crippen LogP contribution in [0.3, 0.4) is 0 Å². The lowest BCUT2D eigenvalue weighted by Crippen LogP contribution is -2.31. The molecule has 2 heterocycles. The third-order valence-corrected chi connectivity index (χ3v) is 6.37. The second-order valence-corrected chi connectivity index (χ2v) is 8.69. The zero-order chi connectivity index (χ0) is 22.5. The number of nitrogens with one attached hydrogen (secondary N) is 1. The number of nitrogens with zero attached hydrogens (tertiary/aromatic N) is 3. The summed E-state index contributed by atoms with van der Waals surface area (Å²) in [6.07, 6.45) is 4.41. The Morgan fingerprint density at radius 2 is 1.97 bits per heavy atom. The van der Waals surface area contributed by atoms with Gasteiger partial charge in [-0.2, -0.15) is 0 Å². The second-order valence-electron chi connectivity index (χ2n) is 7.74. The summed E-state index contributed by atoms with van der Waals surface area (Å²) in [6.45, 7) is 4.55. The van der Waals surface area contributed by atoms with Crippen molar-refractivity contribution in [3.8, 4) is 0 Å². The fraction of sp³-hybridized carbons (Fsp3) is 0.240. The maximum atomic E-state index is 13.7. The Morgan fingerprint density at radius 3 is 2.72 bits per heavy atom. The minimum Gasteiger partial charge on any atom is -0.350 e. The molecule has 0 radical (unpaired) electrons. The van der Waals surface area contributed by atoms with Crippen molar-refractivity contribution in [1.82, 2.24) is 19.9 Å². The van der Waals surface area contributed by atoms with Crippen molar-refractivity contribution in [1.29, 1.82) is 0 Å². The Morgan fingerprint density at radius 1 is 1.16 bits per heavy atom. The molecule has 0 aliphatic heterocycles. The van der Waals surface area contributed by atoms with Crippen molar-refractivity contribution in [2.75, 3.05) is 0 Å². The Balaban J connectivity index is 1.51. The fourth-order valence-corrected chi connectivity index (χ4v) is 4.31. The first kappa shape index (κ1) is 22.0. The van der Waals surface area contributed by atoms with Crippen LogP contribution >= 0.6 is 11.8 Å². The zero-order valence-electron chi connectivity index (χ0n) is 18.1. The molecule has 0 aliphatic carbocycles. The maximum absolute atomic E-state index is 13.7. The zero-order valence-corrected chi connectivity index (χ0v) is 18.9. The third kappa shape index (κ3) is 5.16. The number of rotatable bonds is 8. The third-order valence-electron chi connectivity index (χ3n) is 5.32. The van der Waals surface area contributed by atoms with E-state index < -0.39 is 0 Å². The number of amides is 1. The number of pyridine rings is 1. The molecule has 2 aromatic carbocycles. The van der Waals surface area contributed by atoms with Crippen molar-refractivity contribution in [2.45, 2.75) is 43.8 Å². The van der Waals surface area contributed by atoms with Gasteiger partial charge in [0.1, 0.15) is 5.82 Å². The van der Waals surface area contributed by atoms with Crippen LogP contribution in [0.15, 0.2) is 72.1 Å². The largest absolute Gasteiger partial charge is 0.350 e. The van der Waals surface area contributed by atoms with Crippen molar-refractivity contribution in [2.24, 2.45) is 0 Å². The van der Waals surface area contributed by atoms with Crippen LogP contribution in [0.25, 0.3) is 11.0 Å². The first-order valence-electron chi connectivity index (χ1n) is 10.6. The highest BCUT2D eigenvalue weighted by atomic mass is 32.2. The molecule has 4 aromatic rings. The lowest BCUT2D eigenvalue weighted by molar-refractivity contribution is 0.0939. The van der Waals surface area contributed by atoms with E-state index in [9.17, 15) is 9.18 Å². The number of fused-ring (bicyclic) bond motifs is 1. The molecular formula is C25H25FN4OS. The molecule has 0 unspecified atom stereocenters. The van der Waals surface area contributed by atoms with Gasteiger partial charge in [0, 0.05) is 23.6 Å². The Hall–Kier alpha value is -3.19. The molecule has 0 fully saturated rings. The molecular weight excluding hydrogens is 423 g/mol. The first-order valence-corrected chi connectivity index (χ1v) is 11.6. The quantitative estimate of drug-likeness (QED) is 0.365. The van der Waals surface area contributed by atoms with Gasteiger partial charge in [0.15, 0.2) is 5.16 Å². The number of hydrogen-bond donors (Lipinski definition) is 1. The molecule has 0 spiro atoms. The summed E-state index contributed by atoms with van der Waals surface area (Å²) in [6, 6.07) is 16.3. The van der Waals surface area contributed by atoms with Crippen LogP contribution in [-0.4, -0.2) is 26.5 Å². The van der Waals surface area contributed by atoms with Crippen LogP contribution in [0.4, 0.5) is 4.39 Å². The number of carbonyl (C=O) groups is 1. The number of hydrogen-bond acceptors (Lipinski definition) is 4. The Bertz CT molecular complexity index is 1220. The number of benzene rings is 2. The minimum absolute atomic E-state index is 0.0528. The van der Waals surface area contributed by atoms with Crippen molar-refractivity contribution < 1.29 is 9.18 Å². The fourth-order valence-electron chi connectivity index (χ4n) is 3.34. The van der Waals surface area contributed by atoms with Crippen LogP contribution in [0.2, 0.25) is 0 Å². The smallest absolute Gasteiger partial charge is 0.251 e. The lowest BCUT2D eigenvalue weighted by atomic mass is 10.1. The van der Waals surface area contributed by atoms with Crippen LogP contribution in [0.1, 0.15) is 41.8 Å². The van der Waals surface area contributed by atoms with Gasteiger partial charge in [0.2, 0.25) is 0 Å². The van der Waals surface area contributed by atoms with Gasteiger partial charge in [-0.1, -0.05) is 43.0 Å². The van der Waals surface area contributed by atoms with Gasteiger partial charge < -0.3 is 9.88 Å². The standard InChI is InChI=1S/C25H25FN4OS/c1-3-17(2)28-24(31)20-9-7-18(8-10-20)16-32-25-29-22-11-12-27-14-23(22)30(25)15-19-5-4-6-21(26)13-19/h4-14,17H,3,15-16H2,1-2H3,(H,28,31)/t17-/m1/s1. The van der Waals surface area contributed by atoms with E-state index in [0.29, 0.717) is 17.9 Å². The summed E-state index contributed by atoms with van der Waals surface area (Å²) >= 11 is 1.61. The number of carbonyl (C=O) groups excluding carboxylic acids is 1. The predicted octanol–water partition coefficient (Wildman–Crippen LogP) is 5.44. The van der Waals surface area contributed by atoms with E-state index in [1.807, 2.05) is 50.2 Å². The van der Waals surface area contributed by atoms with Crippen molar-refractivity contribution >= 4 is 28.7 Å². The highest BCUT2D eigenvalue weighted by Gasteiger charge is 2.13. The summed E-state index contributed by atoms with van der Waals surface area (Å²) in [4.78, 5) is 21.3. The van der Waals surface area contributed by atoms with Crippen LogP contribution in [-0.2, 0) is 12.3 Å². The van der Waals surface area contributed by atoms with Gasteiger partial charge >= 0.3 is 0 Å². The number of imidazole rings is 1. The molecule has 1 atom stereocenters. The predicted molar refractivity (Wildman–Crippen MR) is 126 cm³/mol. The van der Waals surface area contributed by atoms with E-state index in [1.165, 1.54) is 6.07 Å². The van der Waals surface area contributed by atoms with Gasteiger partial charge in [-0.3, -0.25) is 9.78 Å². The number of thioether (sulfide) groups is 1. The molecule has 0 aliphatic rings. The topological polar surface area (TPSA) is 59.8 Å². The van der Waals surface area contributed by atoms with Crippen molar-refractivity contribution in [3.63, 3.8) is 0 Å². The number of halogens is 1.